The number of carbonyl (C=O) groups is 1. The summed E-state index contributed by atoms with van der Waals surface area (Å²) in [5.74, 6) is -0.207. The number of hydrogen-bond donors (Lipinski definition) is 2. The fourth-order valence-corrected chi connectivity index (χ4v) is 2.31. The molecule has 17 heavy (non-hydrogen) atoms. The molecule has 0 saturated carbocycles. The first-order chi connectivity index (χ1) is 8.01. The van der Waals surface area contributed by atoms with Crippen molar-refractivity contribution in [1.82, 2.24) is 4.90 Å². The average Bonchev–Trinajstić information content (AvgIpc) is 2.65. The zero-order valence-electron chi connectivity index (χ0n) is 10.1. The molecule has 4 nitrogen and oxygen atoms in total. The van der Waals surface area contributed by atoms with Crippen LogP contribution in [0, 0.1) is 5.41 Å². The highest BCUT2D eigenvalue weighted by atomic mass is 16.1. The third-order valence-electron chi connectivity index (χ3n) is 3.60. The third kappa shape index (κ3) is 2.42. The Morgan fingerprint density at radius 2 is 2.18 bits per heavy atom. The van der Waals surface area contributed by atoms with E-state index in [0.29, 0.717) is 0 Å². The van der Waals surface area contributed by atoms with E-state index in [1.807, 2.05) is 31.2 Å². The molecule has 2 rings (SSSR count). The number of rotatable bonds is 3. The van der Waals surface area contributed by atoms with Gasteiger partial charge < -0.3 is 11.5 Å². The summed E-state index contributed by atoms with van der Waals surface area (Å²) in [4.78, 5) is 13.6. The van der Waals surface area contributed by atoms with Crippen molar-refractivity contribution in [2.75, 3.05) is 18.8 Å². The number of likely N-dealkylation sites (tertiary alicyclic amines) is 1. The predicted octanol–water partition coefficient (Wildman–Crippen LogP) is 0.966. The maximum Gasteiger partial charge on any atom is 0.224 e. The minimum atomic E-state index is -0.385. The Labute approximate surface area is 102 Å². The molecule has 1 aromatic carbocycles. The van der Waals surface area contributed by atoms with Crippen LogP contribution >= 0.6 is 0 Å². The van der Waals surface area contributed by atoms with Gasteiger partial charge in [0, 0.05) is 18.8 Å². The van der Waals surface area contributed by atoms with Gasteiger partial charge in [-0.15, -0.1) is 0 Å². The molecule has 1 atom stereocenters. The van der Waals surface area contributed by atoms with Crippen LogP contribution in [0.5, 0.6) is 0 Å². The number of nitrogens with zero attached hydrogens (tertiary/aromatic N) is 1. The average molecular weight is 233 g/mol. The van der Waals surface area contributed by atoms with Crippen molar-refractivity contribution in [2.45, 2.75) is 19.9 Å². The Bertz CT molecular complexity index is 432. The quantitative estimate of drug-likeness (QED) is 0.764. The summed E-state index contributed by atoms with van der Waals surface area (Å²) >= 11 is 0. The number of benzene rings is 1. The van der Waals surface area contributed by atoms with E-state index in [-0.39, 0.29) is 11.3 Å². The van der Waals surface area contributed by atoms with Crippen molar-refractivity contribution < 1.29 is 4.79 Å². The summed E-state index contributed by atoms with van der Waals surface area (Å²) < 4.78 is 0. The first kappa shape index (κ1) is 11.9. The molecule has 1 unspecified atom stereocenters. The van der Waals surface area contributed by atoms with Crippen LogP contribution in [0.2, 0.25) is 0 Å². The Hall–Kier alpha value is -1.55. The number of nitrogen functional groups attached to an aromatic ring is 1. The number of nitrogens with two attached hydrogens (primary N) is 2. The molecule has 0 radical (unpaired) electrons. The molecule has 1 fully saturated rings. The minimum absolute atomic E-state index is 0.207. The fourth-order valence-electron chi connectivity index (χ4n) is 2.31. The topological polar surface area (TPSA) is 72.4 Å². The van der Waals surface area contributed by atoms with Gasteiger partial charge in [0.05, 0.1) is 5.41 Å². The largest absolute Gasteiger partial charge is 0.398 e. The van der Waals surface area contributed by atoms with Gasteiger partial charge >= 0.3 is 0 Å². The lowest BCUT2D eigenvalue weighted by Gasteiger charge is -2.21. The molecule has 1 heterocycles. The van der Waals surface area contributed by atoms with Crippen LogP contribution in [0.3, 0.4) is 0 Å². The lowest BCUT2D eigenvalue weighted by molar-refractivity contribution is -0.126. The smallest absolute Gasteiger partial charge is 0.224 e. The summed E-state index contributed by atoms with van der Waals surface area (Å²) in [6, 6.07) is 7.83. The molecule has 92 valence electrons. The van der Waals surface area contributed by atoms with E-state index in [1.165, 1.54) is 0 Å². The van der Waals surface area contributed by atoms with E-state index in [4.69, 9.17) is 11.5 Å². The van der Waals surface area contributed by atoms with Gasteiger partial charge in [0.15, 0.2) is 0 Å². The summed E-state index contributed by atoms with van der Waals surface area (Å²) in [7, 11) is 0. The maximum absolute atomic E-state index is 11.4. The normalized spacial score (nSPS) is 25.0. The van der Waals surface area contributed by atoms with Crippen molar-refractivity contribution in [3.05, 3.63) is 29.8 Å². The molecule has 0 spiro atoms. The number of hydrogen-bond acceptors (Lipinski definition) is 3. The van der Waals surface area contributed by atoms with E-state index < -0.39 is 0 Å². The number of primary amides is 1. The Kier molecular flexibility index (Phi) is 3.07. The van der Waals surface area contributed by atoms with Gasteiger partial charge in [-0.05, 0) is 31.5 Å². The number of amides is 1. The molecule has 1 aliphatic heterocycles. The van der Waals surface area contributed by atoms with Crippen molar-refractivity contribution in [3.8, 4) is 0 Å². The zero-order chi connectivity index (χ0) is 12.5. The third-order valence-corrected chi connectivity index (χ3v) is 3.60. The summed E-state index contributed by atoms with van der Waals surface area (Å²) in [6.45, 7) is 4.34. The second kappa shape index (κ2) is 4.37. The second-order valence-corrected chi connectivity index (χ2v) is 5.08. The molecule has 4 N–H and O–H groups in total. The molecule has 1 aliphatic rings. The molecule has 4 heteroatoms. The number of anilines is 1. The highest BCUT2D eigenvalue weighted by molar-refractivity contribution is 5.81. The molecule has 1 saturated heterocycles. The monoisotopic (exact) mass is 233 g/mol. The first-order valence-electron chi connectivity index (χ1n) is 5.87. The van der Waals surface area contributed by atoms with E-state index in [0.717, 1.165) is 37.3 Å². The van der Waals surface area contributed by atoms with Gasteiger partial charge in [0.25, 0.3) is 0 Å². The Morgan fingerprint density at radius 3 is 2.76 bits per heavy atom. The van der Waals surface area contributed by atoms with Gasteiger partial charge in [-0.25, -0.2) is 0 Å². The van der Waals surface area contributed by atoms with Gasteiger partial charge in [-0.2, -0.15) is 0 Å². The SMILES string of the molecule is CC1(C(N)=O)CCN(Cc2ccccc2N)C1. The van der Waals surface area contributed by atoms with Crippen LogP contribution in [-0.4, -0.2) is 23.9 Å². The molecule has 1 amide bonds. The van der Waals surface area contributed by atoms with E-state index in [1.54, 1.807) is 0 Å². The van der Waals surface area contributed by atoms with Crippen LogP contribution in [0.1, 0.15) is 18.9 Å². The molecular formula is C13H19N3O. The van der Waals surface area contributed by atoms with E-state index >= 15 is 0 Å². The lowest BCUT2D eigenvalue weighted by Crippen LogP contribution is -2.36. The van der Waals surface area contributed by atoms with E-state index in [2.05, 4.69) is 4.90 Å². The first-order valence-corrected chi connectivity index (χ1v) is 5.87. The Morgan fingerprint density at radius 1 is 1.47 bits per heavy atom. The summed E-state index contributed by atoms with van der Waals surface area (Å²) in [5.41, 5.74) is 12.9. The van der Waals surface area contributed by atoms with Crippen LogP contribution in [-0.2, 0) is 11.3 Å². The minimum Gasteiger partial charge on any atom is -0.398 e. The van der Waals surface area contributed by atoms with E-state index in [9.17, 15) is 4.79 Å². The number of carbonyl (C=O) groups excluding carboxylic acids is 1. The van der Waals surface area contributed by atoms with Crippen molar-refractivity contribution >= 4 is 11.6 Å². The molecule has 0 bridgehead atoms. The van der Waals surface area contributed by atoms with Crippen LogP contribution in [0.4, 0.5) is 5.69 Å². The standard InChI is InChI=1S/C13H19N3O/c1-13(12(15)17)6-7-16(9-13)8-10-4-2-3-5-11(10)14/h2-5H,6-9,14H2,1H3,(H2,15,17). The highest BCUT2D eigenvalue weighted by Gasteiger charge is 2.38. The fraction of sp³-hybridized carbons (Fsp3) is 0.462. The van der Waals surface area contributed by atoms with Crippen molar-refractivity contribution in [3.63, 3.8) is 0 Å². The maximum atomic E-state index is 11.4. The lowest BCUT2D eigenvalue weighted by atomic mass is 9.89. The van der Waals surface area contributed by atoms with Gasteiger partial charge in [-0.1, -0.05) is 18.2 Å². The molecule has 0 aromatic heterocycles. The summed E-state index contributed by atoms with van der Waals surface area (Å²) in [6.07, 6.45) is 0.828. The van der Waals surface area contributed by atoms with Gasteiger partial charge in [0.1, 0.15) is 0 Å². The van der Waals surface area contributed by atoms with Crippen molar-refractivity contribution in [1.29, 1.82) is 0 Å². The Balaban J connectivity index is 2.04. The number of para-hydroxylation sites is 1. The van der Waals surface area contributed by atoms with Crippen LogP contribution in [0.25, 0.3) is 0 Å². The van der Waals surface area contributed by atoms with Gasteiger partial charge in [0.2, 0.25) is 5.91 Å². The van der Waals surface area contributed by atoms with Crippen molar-refractivity contribution in [2.24, 2.45) is 11.1 Å². The molecular weight excluding hydrogens is 214 g/mol. The molecule has 1 aromatic rings. The summed E-state index contributed by atoms with van der Waals surface area (Å²) in [5, 5.41) is 0. The zero-order valence-corrected chi connectivity index (χ0v) is 10.1. The van der Waals surface area contributed by atoms with Crippen LogP contribution < -0.4 is 11.5 Å². The highest BCUT2D eigenvalue weighted by Crippen LogP contribution is 2.30. The van der Waals surface area contributed by atoms with Gasteiger partial charge in [-0.3, -0.25) is 9.69 Å². The van der Waals surface area contributed by atoms with Crippen LogP contribution in [0.15, 0.2) is 24.3 Å². The second-order valence-electron chi connectivity index (χ2n) is 5.08. The molecule has 0 aliphatic carbocycles. The predicted molar refractivity (Wildman–Crippen MR) is 68.0 cm³/mol.